The van der Waals surface area contributed by atoms with Gasteiger partial charge in [-0.05, 0) is 43.2 Å². The van der Waals surface area contributed by atoms with Crippen LogP contribution in [-0.2, 0) is 0 Å². The molecule has 116 valence electrons. The molecule has 0 fully saturated rings. The van der Waals surface area contributed by atoms with Crippen molar-refractivity contribution in [2.24, 2.45) is 0 Å². The summed E-state index contributed by atoms with van der Waals surface area (Å²) < 4.78 is 1.59. The molecule has 0 aliphatic carbocycles. The second kappa shape index (κ2) is 6.27. The Kier molecular flexibility index (Phi) is 4.01. The fourth-order valence-electron chi connectivity index (χ4n) is 2.27. The van der Waals surface area contributed by atoms with Crippen molar-refractivity contribution in [1.29, 1.82) is 0 Å². The van der Waals surface area contributed by atoms with Crippen LogP contribution in [0.5, 0.6) is 0 Å². The van der Waals surface area contributed by atoms with Crippen LogP contribution in [0, 0.1) is 13.8 Å². The fraction of sp³-hybridized carbons (Fsp3) is 0.125. The summed E-state index contributed by atoms with van der Waals surface area (Å²) in [5, 5.41) is 9.57. The molecule has 23 heavy (non-hydrogen) atoms. The SMILES string of the molecule is Cc1cc(C)cc(NC(=O)Nc2cc(-n3cccn3)ncn2)c1. The lowest BCUT2D eigenvalue weighted by Gasteiger charge is -2.09. The van der Waals surface area contributed by atoms with E-state index in [-0.39, 0.29) is 6.03 Å². The molecule has 2 heterocycles. The van der Waals surface area contributed by atoms with Crippen LogP contribution >= 0.6 is 0 Å². The number of nitrogens with zero attached hydrogens (tertiary/aromatic N) is 4. The van der Waals surface area contributed by atoms with Crippen LogP contribution in [0.1, 0.15) is 11.1 Å². The molecule has 3 aromatic rings. The summed E-state index contributed by atoms with van der Waals surface area (Å²) in [7, 11) is 0. The average Bonchev–Trinajstić information content (AvgIpc) is 3.00. The average molecular weight is 308 g/mol. The molecule has 2 aromatic heterocycles. The maximum atomic E-state index is 12.1. The Morgan fingerprint density at radius 1 is 1.04 bits per heavy atom. The minimum atomic E-state index is -0.361. The van der Waals surface area contributed by atoms with Gasteiger partial charge in [0.05, 0.1) is 0 Å². The maximum absolute atomic E-state index is 12.1. The number of aryl methyl sites for hydroxylation is 2. The maximum Gasteiger partial charge on any atom is 0.324 e. The topological polar surface area (TPSA) is 84.7 Å². The number of hydrogen-bond acceptors (Lipinski definition) is 4. The van der Waals surface area contributed by atoms with Crippen LogP contribution in [0.15, 0.2) is 49.1 Å². The molecule has 0 atom stereocenters. The molecule has 0 aliphatic rings. The van der Waals surface area contributed by atoms with E-state index in [4.69, 9.17) is 0 Å². The van der Waals surface area contributed by atoms with Crippen molar-refractivity contribution in [3.05, 3.63) is 60.2 Å². The summed E-state index contributed by atoms with van der Waals surface area (Å²) in [6.07, 6.45) is 4.80. The van der Waals surface area contributed by atoms with Gasteiger partial charge in [-0.3, -0.25) is 5.32 Å². The zero-order valence-electron chi connectivity index (χ0n) is 12.8. The first-order valence-electron chi connectivity index (χ1n) is 7.08. The van der Waals surface area contributed by atoms with E-state index < -0.39 is 0 Å². The van der Waals surface area contributed by atoms with Crippen molar-refractivity contribution in [1.82, 2.24) is 19.7 Å². The van der Waals surface area contributed by atoms with Crippen molar-refractivity contribution < 1.29 is 4.79 Å². The van der Waals surface area contributed by atoms with E-state index in [0.29, 0.717) is 11.6 Å². The third-order valence-corrected chi connectivity index (χ3v) is 3.11. The van der Waals surface area contributed by atoms with Crippen LogP contribution in [0.4, 0.5) is 16.3 Å². The van der Waals surface area contributed by atoms with Crippen molar-refractivity contribution in [3.63, 3.8) is 0 Å². The fourth-order valence-corrected chi connectivity index (χ4v) is 2.27. The van der Waals surface area contributed by atoms with Gasteiger partial charge in [-0.1, -0.05) is 6.07 Å². The number of carbonyl (C=O) groups excluding carboxylic acids is 1. The van der Waals surface area contributed by atoms with Gasteiger partial charge in [0, 0.05) is 24.1 Å². The van der Waals surface area contributed by atoms with Gasteiger partial charge in [-0.2, -0.15) is 5.10 Å². The molecular weight excluding hydrogens is 292 g/mol. The number of hydrogen-bond donors (Lipinski definition) is 2. The highest BCUT2D eigenvalue weighted by molar-refractivity contribution is 5.99. The number of rotatable bonds is 3. The van der Waals surface area contributed by atoms with E-state index in [1.807, 2.05) is 32.0 Å². The number of anilines is 2. The monoisotopic (exact) mass is 308 g/mol. The standard InChI is InChI=1S/C16H16N6O/c1-11-6-12(2)8-13(7-11)20-16(23)21-14-9-15(18-10-17-14)22-5-3-4-19-22/h3-10H,1-2H3,(H2,17,18,20,21,23). The van der Waals surface area contributed by atoms with Gasteiger partial charge in [0.1, 0.15) is 12.1 Å². The zero-order valence-corrected chi connectivity index (χ0v) is 12.8. The minimum absolute atomic E-state index is 0.361. The highest BCUT2D eigenvalue weighted by Crippen LogP contribution is 2.14. The third kappa shape index (κ3) is 3.70. The summed E-state index contributed by atoms with van der Waals surface area (Å²) in [5.74, 6) is 0.971. The zero-order chi connectivity index (χ0) is 16.2. The number of amides is 2. The lowest BCUT2D eigenvalue weighted by molar-refractivity contribution is 0.262. The Labute approximate surface area is 133 Å². The molecule has 2 amide bonds. The van der Waals surface area contributed by atoms with Gasteiger partial charge in [-0.15, -0.1) is 0 Å². The van der Waals surface area contributed by atoms with E-state index in [0.717, 1.165) is 16.8 Å². The van der Waals surface area contributed by atoms with E-state index in [1.165, 1.54) is 6.33 Å². The van der Waals surface area contributed by atoms with E-state index in [2.05, 4.69) is 25.7 Å². The highest BCUT2D eigenvalue weighted by atomic mass is 16.2. The minimum Gasteiger partial charge on any atom is -0.308 e. The summed E-state index contributed by atoms with van der Waals surface area (Å²) in [5.41, 5.74) is 2.91. The summed E-state index contributed by atoms with van der Waals surface area (Å²) in [4.78, 5) is 20.3. The molecule has 3 rings (SSSR count). The molecule has 7 nitrogen and oxygen atoms in total. The second-order valence-electron chi connectivity index (χ2n) is 5.17. The van der Waals surface area contributed by atoms with Crippen molar-refractivity contribution in [2.75, 3.05) is 10.6 Å². The van der Waals surface area contributed by atoms with Crippen LogP contribution < -0.4 is 10.6 Å². The number of nitrogens with one attached hydrogen (secondary N) is 2. The lowest BCUT2D eigenvalue weighted by Crippen LogP contribution is -2.20. The molecule has 0 bridgehead atoms. The first-order chi connectivity index (χ1) is 11.1. The Hall–Kier alpha value is -3.22. The Balaban J connectivity index is 1.71. The Bertz CT molecular complexity index is 808. The van der Waals surface area contributed by atoms with E-state index in [1.54, 1.807) is 29.2 Å². The molecule has 0 saturated carbocycles. The molecule has 1 aromatic carbocycles. The van der Waals surface area contributed by atoms with Crippen LogP contribution in [-0.4, -0.2) is 25.8 Å². The van der Waals surface area contributed by atoms with E-state index in [9.17, 15) is 4.79 Å². The molecule has 0 spiro atoms. The molecule has 0 radical (unpaired) electrons. The number of urea groups is 1. The molecule has 0 saturated heterocycles. The van der Waals surface area contributed by atoms with Crippen LogP contribution in [0.25, 0.3) is 5.82 Å². The number of benzene rings is 1. The summed E-state index contributed by atoms with van der Waals surface area (Å²) in [6, 6.07) is 8.93. The quantitative estimate of drug-likeness (QED) is 0.779. The van der Waals surface area contributed by atoms with Crippen molar-refractivity contribution in [3.8, 4) is 5.82 Å². The Morgan fingerprint density at radius 2 is 1.83 bits per heavy atom. The van der Waals surface area contributed by atoms with Crippen LogP contribution in [0.3, 0.4) is 0 Å². The Morgan fingerprint density at radius 3 is 2.52 bits per heavy atom. The number of aromatic nitrogens is 4. The molecule has 0 unspecified atom stereocenters. The van der Waals surface area contributed by atoms with Gasteiger partial charge < -0.3 is 5.32 Å². The molecule has 7 heteroatoms. The molecule has 0 aliphatic heterocycles. The van der Waals surface area contributed by atoms with Crippen LogP contribution in [0.2, 0.25) is 0 Å². The third-order valence-electron chi connectivity index (χ3n) is 3.11. The lowest BCUT2D eigenvalue weighted by atomic mass is 10.1. The highest BCUT2D eigenvalue weighted by Gasteiger charge is 2.06. The summed E-state index contributed by atoms with van der Waals surface area (Å²) in [6.45, 7) is 3.97. The van der Waals surface area contributed by atoms with Gasteiger partial charge in [0.2, 0.25) is 0 Å². The number of carbonyl (C=O) groups is 1. The van der Waals surface area contributed by atoms with Gasteiger partial charge in [-0.25, -0.2) is 19.4 Å². The van der Waals surface area contributed by atoms with E-state index >= 15 is 0 Å². The van der Waals surface area contributed by atoms with Crippen molar-refractivity contribution in [2.45, 2.75) is 13.8 Å². The van der Waals surface area contributed by atoms with Gasteiger partial charge in [0.15, 0.2) is 5.82 Å². The summed E-state index contributed by atoms with van der Waals surface area (Å²) >= 11 is 0. The smallest absolute Gasteiger partial charge is 0.308 e. The predicted molar refractivity (Wildman–Crippen MR) is 87.7 cm³/mol. The first-order valence-corrected chi connectivity index (χ1v) is 7.08. The predicted octanol–water partition coefficient (Wildman–Crippen LogP) is 2.92. The van der Waals surface area contributed by atoms with Gasteiger partial charge in [0.25, 0.3) is 0 Å². The van der Waals surface area contributed by atoms with Gasteiger partial charge >= 0.3 is 6.03 Å². The molecular formula is C16H16N6O. The first kappa shape index (κ1) is 14.7. The molecule has 2 N–H and O–H groups in total. The second-order valence-corrected chi connectivity index (χ2v) is 5.17. The normalized spacial score (nSPS) is 10.3. The largest absolute Gasteiger partial charge is 0.324 e. The van der Waals surface area contributed by atoms with Crippen molar-refractivity contribution >= 4 is 17.5 Å².